The molecule has 2 aliphatic heterocycles. The Balaban J connectivity index is 1.76. The fourth-order valence-electron chi connectivity index (χ4n) is 5.52. The average molecular weight is 277 g/mol. The second kappa shape index (κ2) is 4.82. The van der Waals surface area contributed by atoms with Crippen molar-refractivity contribution in [3.05, 3.63) is 12.2 Å². The van der Waals surface area contributed by atoms with Gasteiger partial charge in [0.15, 0.2) is 0 Å². The van der Waals surface area contributed by atoms with Crippen molar-refractivity contribution < 1.29 is 9.47 Å². The van der Waals surface area contributed by atoms with Crippen molar-refractivity contribution in [2.75, 3.05) is 27.2 Å². The van der Waals surface area contributed by atoms with Crippen molar-refractivity contribution in [1.82, 2.24) is 4.90 Å². The summed E-state index contributed by atoms with van der Waals surface area (Å²) in [5.41, 5.74) is 0.301. The van der Waals surface area contributed by atoms with Crippen LogP contribution in [0.2, 0.25) is 0 Å². The lowest BCUT2D eigenvalue weighted by Crippen LogP contribution is -2.47. The lowest BCUT2D eigenvalue weighted by molar-refractivity contribution is -0.0946. The minimum Gasteiger partial charge on any atom is -0.379 e. The van der Waals surface area contributed by atoms with Gasteiger partial charge in [0.1, 0.15) is 0 Å². The van der Waals surface area contributed by atoms with Gasteiger partial charge in [0.2, 0.25) is 0 Å². The Bertz CT molecular complexity index is 410. The number of nitrogens with zero attached hydrogens (tertiary/aromatic N) is 1. The molecule has 1 saturated carbocycles. The summed E-state index contributed by atoms with van der Waals surface area (Å²) in [6, 6.07) is 0. The van der Waals surface area contributed by atoms with Gasteiger partial charge < -0.3 is 14.4 Å². The standard InChI is InChI=1S/C17H27NO2/c1-18-10-9-17-8-4-3-5-14(17)20-16-13(19-2)7-6-12(11-18)15(16)17/h4,8,12-16H,3,5-7,9-11H2,1-2H3. The van der Waals surface area contributed by atoms with Gasteiger partial charge in [-0.1, -0.05) is 12.2 Å². The minimum absolute atomic E-state index is 0.301. The summed E-state index contributed by atoms with van der Waals surface area (Å²) in [6.07, 6.45) is 12.2. The van der Waals surface area contributed by atoms with Crippen molar-refractivity contribution in [2.24, 2.45) is 17.3 Å². The van der Waals surface area contributed by atoms with E-state index in [0.29, 0.717) is 29.6 Å². The van der Waals surface area contributed by atoms with Crippen LogP contribution in [0.15, 0.2) is 12.2 Å². The van der Waals surface area contributed by atoms with E-state index in [1.54, 1.807) is 0 Å². The van der Waals surface area contributed by atoms with Gasteiger partial charge in [-0.2, -0.15) is 0 Å². The first-order chi connectivity index (χ1) is 9.74. The summed E-state index contributed by atoms with van der Waals surface area (Å²) in [6.45, 7) is 2.45. The fraction of sp³-hybridized carbons (Fsp3) is 0.882. The van der Waals surface area contributed by atoms with Crippen molar-refractivity contribution in [3.8, 4) is 0 Å². The van der Waals surface area contributed by atoms with Crippen LogP contribution in [0.4, 0.5) is 0 Å². The topological polar surface area (TPSA) is 21.7 Å². The summed E-state index contributed by atoms with van der Waals surface area (Å²) in [4.78, 5) is 2.54. The third kappa shape index (κ3) is 1.76. The number of methoxy groups -OCH3 is 1. The molecule has 1 spiro atoms. The Morgan fingerprint density at radius 3 is 3.05 bits per heavy atom. The van der Waals surface area contributed by atoms with E-state index in [9.17, 15) is 0 Å². The van der Waals surface area contributed by atoms with Crippen LogP contribution in [0.1, 0.15) is 32.1 Å². The molecule has 3 heteroatoms. The van der Waals surface area contributed by atoms with Crippen LogP contribution in [-0.4, -0.2) is 50.5 Å². The highest BCUT2D eigenvalue weighted by Gasteiger charge is 2.61. The van der Waals surface area contributed by atoms with Crippen molar-refractivity contribution in [3.63, 3.8) is 0 Å². The third-order valence-electron chi connectivity index (χ3n) is 6.39. The minimum atomic E-state index is 0.301. The number of hydrogen-bond donors (Lipinski definition) is 0. The summed E-state index contributed by atoms with van der Waals surface area (Å²) in [5.74, 6) is 1.46. The number of likely N-dealkylation sites (tertiary alicyclic amines) is 1. The van der Waals surface area contributed by atoms with Crippen LogP contribution in [0, 0.1) is 17.3 Å². The second-order valence-electron chi connectivity index (χ2n) is 7.33. The molecule has 4 aliphatic rings. The molecule has 0 bridgehead atoms. The van der Waals surface area contributed by atoms with Gasteiger partial charge in [0, 0.05) is 25.0 Å². The molecule has 3 nitrogen and oxygen atoms in total. The average Bonchev–Trinajstić information content (AvgIpc) is 2.74. The quantitative estimate of drug-likeness (QED) is 0.687. The zero-order valence-corrected chi connectivity index (χ0v) is 12.8. The van der Waals surface area contributed by atoms with Gasteiger partial charge in [-0.3, -0.25) is 0 Å². The smallest absolute Gasteiger partial charge is 0.0881 e. The third-order valence-corrected chi connectivity index (χ3v) is 6.39. The maximum atomic E-state index is 6.57. The summed E-state index contributed by atoms with van der Waals surface area (Å²) in [5, 5.41) is 0. The van der Waals surface area contributed by atoms with Crippen molar-refractivity contribution >= 4 is 0 Å². The Kier molecular flexibility index (Phi) is 3.21. The van der Waals surface area contributed by atoms with Gasteiger partial charge >= 0.3 is 0 Å². The first kappa shape index (κ1) is 13.3. The van der Waals surface area contributed by atoms with E-state index in [1.165, 1.54) is 45.2 Å². The molecule has 0 radical (unpaired) electrons. The molecule has 0 aromatic rings. The maximum Gasteiger partial charge on any atom is 0.0881 e. The maximum absolute atomic E-state index is 6.57. The molecule has 0 amide bonds. The van der Waals surface area contributed by atoms with Gasteiger partial charge in [-0.25, -0.2) is 0 Å². The number of rotatable bonds is 1. The molecular formula is C17H27NO2. The Morgan fingerprint density at radius 2 is 2.20 bits per heavy atom. The van der Waals surface area contributed by atoms with Crippen molar-refractivity contribution in [1.29, 1.82) is 0 Å². The van der Waals surface area contributed by atoms with E-state index in [2.05, 4.69) is 24.1 Å². The van der Waals surface area contributed by atoms with Crippen LogP contribution in [0.3, 0.4) is 0 Å². The van der Waals surface area contributed by atoms with Crippen LogP contribution in [0.5, 0.6) is 0 Å². The predicted molar refractivity (Wildman–Crippen MR) is 78.6 cm³/mol. The molecule has 3 fully saturated rings. The van der Waals surface area contributed by atoms with Gasteiger partial charge in [-0.05, 0) is 51.6 Å². The van der Waals surface area contributed by atoms with E-state index in [0.717, 1.165) is 5.92 Å². The molecule has 0 aromatic heterocycles. The van der Waals surface area contributed by atoms with Crippen LogP contribution in [0.25, 0.3) is 0 Å². The highest BCUT2D eigenvalue weighted by Crippen LogP contribution is 2.58. The number of allylic oxidation sites excluding steroid dienone is 1. The SMILES string of the molecule is COC1CCC2CN(C)CCC34C=CCCC3OC1C24. The van der Waals surface area contributed by atoms with E-state index >= 15 is 0 Å². The van der Waals surface area contributed by atoms with E-state index in [-0.39, 0.29) is 0 Å². The lowest BCUT2D eigenvalue weighted by Gasteiger charge is -2.44. The predicted octanol–water partition coefficient (Wildman–Crippen LogP) is 2.47. The Labute approximate surface area is 122 Å². The molecule has 112 valence electrons. The summed E-state index contributed by atoms with van der Waals surface area (Å²) < 4.78 is 12.4. The molecule has 2 aliphatic carbocycles. The second-order valence-corrected chi connectivity index (χ2v) is 7.33. The van der Waals surface area contributed by atoms with E-state index in [1.807, 2.05) is 7.11 Å². The van der Waals surface area contributed by atoms with E-state index < -0.39 is 0 Å². The molecule has 0 aromatic carbocycles. The summed E-state index contributed by atoms with van der Waals surface area (Å²) >= 11 is 0. The van der Waals surface area contributed by atoms with Crippen LogP contribution in [-0.2, 0) is 9.47 Å². The fourth-order valence-corrected chi connectivity index (χ4v) is 5.52. The van der Waals surface area contributed by atoms with Gasteiger partial charge in [0.05, 0.1) is 18.3 Å². The number of ether oxygens (including phenoxy) is 2. The first-order valence-electron chi connectivity index (χ1n) is 8.29. The first-order valence-corrected chi connectivity index (χ1v) is 8.29. The Hall–Kier alpha value is -0.380. The monoisotopic (exact) mass is 277 g/mol. The molecule has 0 N–H and O–H groups in total. The lowest BCUT2D eigenvalue weighted by atomic mass is 9.59. The highest BCUT2D eigenvalue weighted by atomic mass is 16.5. The van der Waals surface area contributed by atoms with Crippen LogP contribution < -0.4 is 0 Å². The molecule has 4 rings (SSSR count). The highest BCUT2D eigenvalue weighted by molar-refractivity contribution is 5.20. The molecule has 2 saturated heterocycles. The van der Waals surface area contributed by atoms with Crippen LogP contribution >= 0.6 is 0 Å². The van der Waals surface area contributed by atoms with E-state index in [4.69, 9.17) is 9.47 Å². The molecule has 20 heavy (non-hydrogen) atoms. The number of hydrogen-bond acceptors (Lipinski definition) is 3. The van der Waals surface area contributed by atoms with Crippen molar-refractivity contribution in [2.45, 2.75) is 50.4 Å². The normalized spacial score (nSPS) is 51.4. The molecule has 2 heterocycles. The zero-order chi connectivity index (χ0) is 13.7. The molecule has 6 unspecified atom stereocenters. The van der Waals surface area contributed by atoms with Gasteiger partial charge in [-0.15, -0.1) is 0 Å². The molecular weight excluding hydrogens is 250 g/mol. The summed E-state index contributed by atoms with van der Waals surface area (Å²) in [7, 11) is 4.15. The zero-order valence-electron chi connectivity index (χ0n) is 12.8. The largest absolute Gasteiger partial charge is 0.379 e. The Morgan fingerprint density at radius 1 is 1.30 bits per heavy atom. The molecule has 6 atom stereocenters. The van der Waals surface area contributed by atoms with Gasteiger partial charge in [0.25, 0.3) is 0 Å².